The summed E-state index contributed by atoms with van der Waals surface area (Å²) in [6.45, 7) is -0.859. The molecule has 7 heteroatoms. The third-order valence-electron chi connectivity index (χ3n) is 2.23. The molecule has 0 N–H and O–H groups in total. The van der Waals surface area contributed by atoms with E-state index in [0.29, 0.717) is 17.1 Å². The number of hydrogen-bond acceptors (Lipinski definition) is 4. The van der Waals surface area contributed by atoms with Crippen LogP contribution in [0.5, 0.6) is 11.5 Å². The Hall–Kier alpha value is -1.76. The van der Waals surface area contributed by atoms with Crippen LogP contribution >= 0.6 is 0 Å². The SMILES string of the molecule is O=C1COc2cc(OCCOC(F)(F)F)ccc21. The molecule has 0 saturated carbocycles. The van der Waals surface area contributed by atoms with Crippen LogP contribution in [0.4, 0.5) is 13.2 Å². The van der Waals surface area contributed by atoms with Gasteiger partial charge >= 0.3 is 6.36 Å². The molecule has 2 rings (SSSR count). The third kappa shape index (κ3) is 3.13. The summed E-state index contributed by atoms with van der Waals surface area (Å²) in [5, 5.41) is 0. The quantitative estimate of drug-likeness (QED) is 0.780. The Labute approximate surface area is 100 Å². The van der Waals surface area contributed by atoms with Gasteiger partial charge in [-0.2, -0.15) is 0 Å². The van der Waals surface area contributed by atoms with Gasteiger partial charge in [0.25, 0.3) is 0 Å². The van der Waals surface area contributed by atoms with Crippen molar-refractivity contribution in [3.63, 3.8) is 0 Å². The van der Waals surface area contributed by atoms with Crippen molar-refractivity contribution in [3.05, 3.63) is 23.8 Å². The van der Waals surface area contributed by atoms with E-state index in [1.165, 1.54) is 18.2 Å². The summed E-state index contributed by atoms with van der Waals surface area (Å²) in [7, 11) is 0. The van der Waals surface area contributed by atoms with Crippen LogP contribution in [0.3, 0.4) is 0 Å². The van der Waals surface area contributed by atoms with E-state index in [2.05, 4.69) is 4.74 Å². The number of ketones is 1. The smallest absolute Gasteiger partial charge is 0.491 e. The summed E-state index contributed by atoms with van der Waals surface area (Å²) in [6, 6.07) is 4.48. The van der Waals surface area contributed by atoms with Gasteiger partial charge in [-0.05, 0) is 12.1 Å². The number of fused-ring (bicyclic) bond motifs is 1. The highest BCUT2D eigenvalue weighted by molar-refractivity contribution is 6.02. The third-order valence-corrected chi connectivity index (χ3v) is 2.23. The number of rotatable bonds is 4. The van der Waals surface area contributed by atoms with Gasteiger partial charge in [-0.3, -0.25) is 9.53 Å². The van der Waals surface area contributed by atoms with Gasteiger partial charge in [-0.25, -0.2) is 0 Å². The van der Waals surface area contributed by atoms with Gasteiger partial charge in [-0.1, -0.05) is 0 Å². The van der Waals surface area contributed by atoms with E-state index in [1.54, 1.807) is 0 Å². The minimum atomic E-state index is -4.66. The lowest BCUT2D eigenvalue weighted by molar-refractivity contribution is -0.325. The first-order chi connectivity index (χ1) is 8.46. The van der Waals surface area contributed by atoms with Gasteiger partial charge in [0.05, 0.1) is 12.2 Å². The fourth-order valence-corrected chi connectivity index (χ4v) is 1.48. The summed E-state index contributed by atoms with van der Waals surface area (Å²) in [6.07, 6.45) is -4.66. The fraction of sp³-hybridized carbons (Fsp3) is 0.364. The molecule has 1 heterocycles. The summed E-state index contributed by atoms with van der Waals surface area (Å²) in [5.74, 6) is 0.584. The van der Waals surface area contributed by atoms with Gasteiger partial charge < -0.3 is 9.47 Å². The molecular weight excluding hydrogens is 253 g/mol. The first kappa shape index (κ1) is 12.7. The molecular formula is C11H9F3O4. The molecule has 1 aromatic rings. The van der Waals surface area contributed by atoms with Crippen LogP contribution in [0.15, 0.2) is 18.2 Å². The Morgan fingerprint density at radius 3 is 2.78 bits per heavy atom. The number of benzene rings is 1. The maximum atomic E-state index is 11.7. The molecule has 1 aliphatic heterocycles. The largest absolute Gasteiger partial charge is 0.522 e. The number of Topliss-reactive ketones (excluding diaryl/α,β-unsaturated/α-hetero) is 1. The topological polar surface area (TPSA) is 44.8 Å². The van der Waals surface area contributed by atoms with E-state index in [9.17, 15) is 18.0 Å². The maximum absolute atomic E-state index is 11.7. The molecule has 0 spiro atoms. The van der Waals surface area contributed by atoms with Crippen molar-refractivity contribution >= 4 is 5.78 Å². The van der Waals surface area contributed by atoms with E-state index in [0.717, 1.165) is 0 Å². The molecule has 0 bridgehead atoms. The number of alkyl halides is 3. The molecule has 1 aromatic carbocycles. The lowest BCUT2D eigenvalue weighted by atomic mass is 10.1. The Kier molecular flexibility index (Phi) is 3.42. The number of halogens is 3. The number of hydrogen-bond donors (Lipinski definition) is 0. The van der Waals surface area contributed by atoms with Gasteiger partial charge in [0.1, 0.15) is 18.1 Å². The molecule has 4 nitrogen and oxygen atoms in total. The highest BCUT2D eigenvalue weighted by Crippen LogP contribution is 2.29. The zero-order valence-electron chi connectivity index (χ0n) is 9.12. The van der Waals surface area contributed by atoms with Gasteiger partial charge in [0.15, 0.2) is 6.61 Å². The molecule has 0 saturated heterocycles. The number of carbonyl (C=O) groups is 1. The lowest BCUT2D eigenvalue weighted by Gasteiger charge is -2.09. The summed E-state index contributed by atoms with van der Waals surface area (Å²) >= 11 is 0. The molecule has 0 unspecified atom stereocenters. The van der Waals surface area contributed by atoms with E-state index in [1.807, 2.05) is 0 Å². The van der Waals surface area contributed by atoms with Crippen LogP contribution in [-0.2, 0) is 4.74 Å². The van der Waals surface area contributed by atoms with E-state index in [4.69, 9.17) is 9.47 Å². The first-order valence-electron chi connectivity index (χ1n) is 5.09. The zero-order valence-corrected chi connectivity index (χ0v) is 9.12. The fourth-order valence-electron chi connectivity index (χ4n) is 1.48. The lowest BCUT2D eigenvalue weighted by Crippen LogP contribution is -2.18. The van der Waals surface area contributed by atoms with Crippen LogP contribution in [0.2, 0.25) is 0 Å². The Morgan fingerprint density at radius 2 is 2.06 bits per heavy atom. The molecule has 0 aliphatic carbocycles. The number of carbonyl (C=O) groups excluding carboxylic acids is 1. The molecule has 18 heavy (non-hydrogen) atoms. The zero-order chi connectivity index (χ0) is 13.2. The standard InChI is InChI=1S/C11H9F3O4/c12-11(13,14)18-4-3-16-7-1-2-8-9(15)6-17-10(8)5-7/h1-2,5H,3-4,6H2. The average molecular weight is 262 g/mol. The van der Waals surface area contributed by atoms with Crippen molar-refractivity contribution in [1.29, 1.82) is 0 Å². The highest BCUT2D eigenvalue weighted by Gasteiger charge is 2.28. The Morgan fingerprint density at radius 1 is 1.28 bits per heavy atom. The first-order valence-corrected chi connectivity index (χ1v) is 5.09. The van der Waals surface area contributed by atoms with Crippen LogP contribution in [0, 0.1) is 0 Å². The molecule has 98 valence electrons. The molecule has 0 amide bonds. The minimum Gasteiger partial charge on any atom is -0.491 e. The highest BCUT2D eigenvalue weighted by atomic mass is 19.4. The second kappa shape index (κ2) is 4.85. The predicted octanol–water partition coefficient (Wildman–Crippen LogP) is 2.18. The van der Waals surface area contributed by atoms with Gasteiger partial charge in [-0.15, -0.1) is 13.2 Å². The summed E-state index contributed by atoms with van der Waals surface area (Å²) < 4.78 is 48.7. The maximum Gasteiger partial charge on any atom is 0.522 e. The normalized spacial score (nSPS) is 14.3. The van der Waals surface area contributed by atoms with Crippen molar-refractivity contribution in [2.75, 3.05) is 19.8 Å². The van der Waals surface area contributed by atoms with Crippen LogP contribution < -0.4 is 9.47 Å². The van der Waals surface area contributed by atoms with Crippen molar-refractivity contribution in [2.45, 2.75) is 6.36 Å². The predicted molar refractivity (Wildman–Crippen MR) is 53.8 cm³/mol. The summed E-state index contributed by atoms with van der Waals surface area (Å²) in [5.41, 5.74) is 0.453. The minimum absolute atomic E-state index is 0.0179. The van der Waals surface area contributed by atoms with Crippen LogP contribution in [0.25, 0.3) is 0 Å². The Bertz CT molecular complexity index is 456. The van der Waals surface area contributed by atoms with E-state index < -0.39 is 13.0 Å². The monoisotopic (exact) mass is 262 g/mol. The second-order valence-corrected chi connectivity index (χ2v) is 3.51. The molecule has 0 atom stereocenters. The molecule has 0 radical (unpaired) electrons. The Balaban J connectivity index is 1.86. The van der Waals surface area contributed by atoms with E-state index >= 15 is 0 Å². The average Bonchev–Trinajstić information content (AvgIpc) is 2.65. The number of ether oxygens (including phenoxy) is 3. The van der Waals surface area contributed by atoms with Crippen molar-refractivity contribution in [1.82, 2.24) is 0 Å². The van der Waals surface area contributed by atoms with Crippen molar-refractivity contribution < 1.29 is 32.2 Å². The molecule has 0 fully saturated rings. The van der Waals surface area contributed by atoms with Crippen molar-refractivity contribution in [2.24, 2.45) is 0 Å². The molecule has 1 aliphatic rings. The summed E-state index contributed by atoms with van der Waals surface area (Å²) in [4.78, 5) is 11.2. The molecule has 0 aromatic heterocycles. The van der Waals surface area contributed by atoms with Crippen LogP contribution in [-0.4, -0.2) is 32.0 Å². The van der Waals surface area contributed by atoms with Gasteiger partial charge in [0, 0.05) is 6.07 Å². The van der Waals surface area contributed by atoms with Crippen molar-refractivity contribution in [3.8, 4) is 11.5 Å². The van der Waals surface area contributed by atoms with Gasteiger partial charge in [0.2, 0.25) is 5.78 Å². The van der Waals surface area contributed by atoms with E-state index in [-0.39, 0.29) is 19.0 Å². The van der Waals surface area contributed by atoms with Crippen LogP contribution in [0.1, 0.15) is 10.4 Å². The second-order valence-electron chi connectivity index (χ2n) is 3.51.